The smallest absolute Gasteiger partial charge is 0.302 e. The van der Waals surface area contributed by atoms with Gasteiger partial charge in [-0.25, -0.2) is 5.01 Å². The van der Waals surface area contributed by atoms with Crippen molar-refractivity contribution in [2.24, 2.45) is 5.10 Å². The van der Waals surface area contributed by atoms with Gasteiger partial charge >= 0.3 is 5.91 Å². The van der Waals surface area contributed by atoms with Gasteiger partial charge in [0.1, 0.15) is 5.71 Å². The molecular weight excluding hydrogens is 534 g/mol. The Morgan fingerprint density at radius 2 is 1.33 bits per heavy atom. The van der Waals surface area contributed by atoms with E-state index >= 15 is 4.79 Å². The second-order valence-electron chi connectivity index (χ2n) is 10.2. The summed E-state index contributed by atoms with van der Waals surface area (Å²) in [4.78, 5) is 29.4. The maximum absolute atomic E-state index is 15.2. The number of rotatable bonds is 9. The van der Waals surface area contributed by atoms with Crippen LogP contribution < -0.4 is 15.3 Å². The highest BCUT2D eigenvalue weighted by Crippen LogP contribution is 2.38. The van der Waals surface area contributed by atoms with Crippen molar-refractivity contribution in [2.45, 2.75) is 19.5 Å². The molecule has 0 fully saturated rings. The SMILES string of the molecule is CCN(CC)N(c1ccccc1)C1(NC(=O)c2ccccc2)C(=O)N(c2ccccc2)N=C1c1cccc2ccccc12. The van der Waals surface area contributed by atoms with E-state index in [1.165, 1.54) is 5.01 Å². The normalized spacial score (nSPS) is 16.4. The summed E-state index contributed by atoms with van der Waals surface area (Å²) in [5.41, 5.74) is 1.24. The van der Waals surface area contributed by atoms with Crippen molar-refractivity contribution >= 4 is 39.7 Å². The minimum absolute atomic E-state index is 0.384. The minimum Gasteiger partial charge on any atom is -0.315 e. The number of hydrazone groups is 1. The third kappa shape index (κ3) is 4.94. The van der Waals surface area contributed by atoms with E-state index in [-0.39, 0.29) is 11.8 Å². The summed E-state index contributed by atoms with van der Waals surface area (Å²) < 4.78 is 0. The predicted molar refractivity (Wildman–Crippen MR) is 173 cm³/mol. The lowest BCUT2D eigenvalue weighted by Gasteiger charge is -2.47. The van der Waals surface area contributed by atoms with Crippen molar-refractivity contribution in [3.63, 3.8) is 0 Å². The highest BCUT2D eigenvalue weighted by molar-refractivity contribution is 6.33. The van der Waals surface area contributed by atoms with E-state index in [1.54, 1.807) is 12.1 Å². The average Bonchev–Trinajstić information content (AvgIpc) is 3.35. The largest absolute Gasteiger partial charge is 0.315 e. The summed E-state index contributed by atoms with van der Waals surface area (Å²) in [7, 11) is 0. The lowest BCUT2D eigenvalue weighted by molar-refractivity contribution is -0.122. The molecular formula is C36H33N5O2. The Bertz CT molecular complexity index is 1770. The molecule has 0 saturated heterocycles. The zero-order chi connectivity index (χ0) is 29.8. The summed E-state index contributed by atoms with van der Waals surface area (Å²) in [6.45, 7) is 5.23. The standard InChI is InChI=1S/C36H33N5O2/c1-3-39(4-2)41(30-23-12-7-13-24-30)36(37-34(42)28-18-8-5-9-19-28)33(32-26-16-20-27-17-14-15-25-31(27)32)38-40(35(36)43)29-21-10-6-11-22-29/h5-26H,3-4H2,1-2H3,(H,37,42). The van der Waals surface area contributed by atoms with Gasteiger partial charge in [-0.2, -0.15) is 10.1 Å². The number of hydrazine groups is 1. The Morgan fingerprint density at radius 1 is 0.744 bits per heavy atom. The molecule has 0 aromatic heterocycles. The molecule has 1 aliphatic rings. The molecule has 1 unspecified atom stereocenters. The van der Waals surface area contributed by atoms with Crippen LogP contribution in [0.15, 0.2) is 139 Å². The van der Waals surface area contributed by atoms with Crippen molar-refractivity contribution in [2.75, 3.05) is 23.1 Å². The molecule has 7 heteroatoms. The zero-order valence-corrected chi connectivity index (χ0v) is 24.2. The number of hydrogen-bond donors (Lipinski definition) is 1. The van der Waals surface area contributed by atoms with Gasteiger partial charge in [-0.05, 0) is 47.2 Å². The van der Waals surface area contributed by atoms with Gasteiger partial charge in [0.05, 0.1) is 11.4 Å². The number of para-hydroxylation sites is 2. The molecule has 0 spiro atoms. The highest BCUT2D eigenvalue weighted by atomic mass is 16.2. The van der Waals surface area contributed by atoms with Gasteiger partial charge in [0.25, 0.3) is 11.6 Å². The third-order valence-corrected chi connectivity index (χ3v) is 7.75. The number of nitrogens with zero attached hydrogens (tertiary/aromatic N) is 4. The monoisotopic (exact) mass is 567 g/mol. The summed E-state index contributed by atoms with van der Waals surface area (Å²) in [5.74, 6) is -0.772. The maximum atomic E-state index is 15.2. The Balaban J connectivity index is 1.69. The second-order valence-corrected chi connectivity index (χ2v) is 10.2. The number of nitrogens with one attached hydrogen (secondary N) is 1. The predicted octanol–water partition coefficient (Wildman–Crippen LogP) is 6.48. The molecule has 1 N–H and O–H groups in total. The molecule has 5 aromatic rings. The van der Waals surface area contributed by atoms with E-state index in [1.807, 2.05) is 140 Å². The van der Waals surface area contributed by atoms with Crippen LogP contribution in [0.3, 0.4) is 0 Å². The Morgan fingerprint density at radius 3 is 2.00 bits per heavy atom. The number of carbonyl (C=O) groups is 2. The first kappa shape index (κ1) is 27.9. The molecule has 43 heavy (non-hydrogen) atoms. The lowest BCUT2D eigenvalue weighted by atomic mass is 9.91. The van der Waals surface area contributed by atoms with Gasteiger partial charge in [0.15, 0.2) is 0 Å². The van der Waals surface area contributed by atoms with Crippen LogP contribution in [0.2, 0.25) is 0 Å². The van der Waals surface area contributed by atoms with Gasteiger partial charge in [0, 0.05) is 24.2 Å². The molecule has 214 valence electrons. The van der Waals surface area contributed by atoms with E-state index in [0.717, 1.165) is 22.0 Å². The van der Waals surface area contributed by atoms with Crippen LogP contribution in [0, 0.1) is 0 Å². The van der Waals surface area contributed by atoms with Gasteiger partial charge in [0.2, 0.25) is 0 Å². The number of hydrogen-bond acceptors (Lipinski definition) is 5. The van der Waals surface area contributed by atoms with Gasteiger partial charge in [-0.15, -0.1) is 0 Å². The number of anilines is 2. The number of amides is 2. The maximum Gasteiger partial charge on any atom is 0.302 e. The molecule has 0 saturated carbocycles. The molecule has 0 bridgehead atoms. The molecule has 7 nitrogen and oxygen atoms in total. The Kier molecular flexibility index (Phi) is 7.73. The topological polar surface area (TPSA) is 68.2 Å². The molecule has 5 aromatic carbocycles. The fourth-order valence-corrected chi connectivity index (χ4v) is 5.72. The number of fused-ring (bicyclic) bond motifs is 1. The fraction of sp³-hybridized carbons (Fsp3) is 0.139. The molecule has 0 radical (unpaired) electrons. The van der Waals surface area contributed by atoms with E-state index in [4.69, 9.17) is 5.10 Å². The van der Waals surface area contributed by atoms with Crippen LogP contribution in [0.5, 0.6) is 0 Å². The van der Waals surface area contributed by atoms with Crippen LogP contribution in [0.1, 0.15) is 29.8 Å². The van der Waals surface area contributed by atoms with E-state index in [0.29, 0.717) is 30.1 Å². The Labute approximate surface area is 251 Å². The summed E-state index contributed by atoms with van der Waals surface area (Å²) in [6.07, 6.45) is 0. The summed E-state index contributed by atoms with van der Waals surface area (Å²) in [5, 5.41) is 15.6. The first-order valence-corrected chi connectivity index (χ1v) is 14.5. The van der Waals surface area contributed by atoms with Crippen molar-refractivity contribution in [3.05, 3.63) is 145 Å². The van der Waals surface area contributed by atoms with Gasteiger partial charge in [-0.1, -0.05) is 111 Å². The van der Waals surface area contributed by atoms with Crippen molar-refractivity contribution < 1.29 is 9.59 Å². The summed E-state index contributed by atoms with van der Waals surface area (Å²) in [6, 6.07) is 42.0. The quantitative estimate of drug-likeness (QED) is 0.164. The molecule has 2 amide bonds. The van der Waals surface area contributed by atoms with Crippen molar-refractivity contribution in [3.8, 4) is 0 Å². The van der Waals surface area contributed by atoms with E-state index in [9.17, 15) is 4.79 Å². The van der Waals surface area contributed by atoms with E-state index in [2.05, 4.69) is 10.3 Å². The average molecular weight is 568 g/mol. The third-order valence-electron chi connectivity index (χ3n) is 7.75. The van der Waals surface area contributed by atoms with E-state index < -0.39 is 5.66 Å². The van der Waals surface area contributed by atoms with Crippen molar-refractivity contribution in [1.29, 1.82) is 0 Å². The van der Waals surface area contributed by atoms with Crippen LogP contribution in [-0.2, 0) is 4.79 Å². The highest BCUT2D eigenvalue weighted by Gasteiger charge is 2.59. The van der Waals surface area contributed by atoms with Crippen LogP contribution >= 0.6 is 0 Å². The summed E-state index contributed by atoms with van der Waals surface area (Å²) >= 11 is 0. The van der Waals surface area contributed by atoms with Gasteiger partial charge < -0.3 is 5.32 Å². The van der Waals surface area contributed by atoms with Gasteiger partial charge in [-0.3, -0.25) is 14.6 Å². The Hall–Kier alpha value is -5.27. The molecule has 0 aliphatic carbocycles. The van der Waals surface area contributed by atoms with Crippen LogP contribution in [0.4, 0.5) is 11.4 Å². The van der Waals surface area contributed by atoms with Crippen LogP contribution in [0.25, 0.3) is 10.8 Å². The van der Waals surface area contributed by atoms with Crippen LogP contribution in [-0.4, -0.2) is 41.3 Å². The second kappa shape index (κ2) is 11.9. The van der Waals surface area contributed by atoms with Crippen molar-refractivity contribution in [1.82, 2.24) is 10.3 Å². The number of benzene rings is 5. The lowest BCUT2D eigenvalue weighted by Crippen LogP contribution is -2.74. The number of carbonyl (C=O) groups excluding carboxylic acids is 2. The minimum atomic E-state index is -1.74. The molecule has 1 aliphatic heterocycles. The fourth-order valence-electron chi connectivity index (χ4n) is 5.72. The molecule has 1 heterocycles. The molecule has 6 rings (SSSR count). The molecule has 1 atom stereocenters. The first-order chi connectivity index (χ1) is 21.1. The zero-order valence-electron chi connectivity index (χ0n) is 24.2. The first-order valence-electron chi connectivity index (χ1n) is 14.5.